The van der Waals surface area contributed by atoms with Gasteiger partial charge < -0.3 is 5.21 Å². The number of hydroxylamine groups is 2. The monoisotopic (exact) mass is 88.1 g/mol. The molecule has 0 saturated heterocycles. The van der Waals surface area contributed by atoms with Gasteiger partial charge in [-0.2, -0.15) is 5.06 Å². The number of rotatable bonds is 2. The normalized spacial score (nSPS) is 10.0. The SMILES string of the molecule is [CH2]CN(O)CC. The summed E-state index contributed by atoms with van der Waals surface area (Å²) < 4.78 is 0. The van der Waals surface area contributed by atoms with Crippen LogP contribution in [0.25, 0.3) is 0 Å². The van der Waals surface area contributed by atoms with Crippen molar-refractivity contribution in [2.75, 3.05) is 13.1 Å². The number of nitrogens with zero attached hydrogens (tertiary/aromatic N) is 1. The molecule has 2 nitrogen and oxygen atoms in total. The molecule has 2 heteroatoms. The largest absolute Gasteiger partial charge is 0.314 e. The van der Waals surface area contributed by atoms with Gasteiger partial charge in [-0.05, 0) is 6.92 Å². The molecule has 0 unspecified atom stereocenters. The van der Waals surface area contributed by atoms with E-state index in [2.05, 4.69) is 6.92 Å². The van der Waals surface area contributed by atoms with Gasteiger partial charge in [0.2, 0.25) is 0 Å². The molecular formula is C4H10NO. The molecule has 0 amide bonds. The van der Waals surface area contributed by atoms with Crippen molar-refractivity contribution in [3.8, 4) is 0 Å². The van der Waals surface area contributed by atoms with Crippen molar-refractivity contribution >= 4 is 0 Å². The van der Waals surface area contributed by atoms with E-state index < -0.39 is 0 Å². The summed E-state index contributed by atoms with van der Waals surface area (Å²) in [6, 6.07) is 0. The fraction of sp³-hybridized carbons (Fsp3) is 0.750. The maximum atomic E-state index is 8.44. The molecule has 1 N–H and O–H groups in total. The molecule has 0 aliphatic heterocycles. The van der Waals surface area contributed by atoms with Crippen molar-refractivity contribution in [3.63, 3.8) is 0 Å². The highest BCUT2D eigenvalue weighted by atomic mass is 16.5. The lowest BCUT2D eigenvalue weighted by molar-refractivity contribution is -0.0759. The maximum absolute atomic E-state index is 8.44. The van der Waals surface area contributed by atoms with Gasteiger partial charge in [-0.15, -0.1) is 0 Å². The Morgan fingerprint density at radius 1 is 1.83 bits per heavy atom. The van der Waals surface area contributed by atoms with Gasteiger partial charge in [0, 0.05) is 13.1 Å². The first-order chi connectivity index (χ1) is 2.81. The fourth-order valence-electron chi connectivity index (χ4n) is 0.158. The third-order valence-electron chi connectivity index (χ3n) is 0.623. The summed E-state index contributed by atoms with van der Waals surface area (Å²) in [6.07, 6.45) is 0. The van der Waals surface area contributed by atoms with Crippen molar-refractivity contribution in [2.45, 2.75) is 6.92 Å². The van der Waals surface area contributed by atoms with Crippen molar-refractivity contribution in [1.29, 1.82) is 0 Å². The van der Waals surface area contributed by atoms with Crippen molar-refractivity contribution in [2.24, 2.45) is 0 Å². The smallest absolute Gasteiger partial charge is 0.0238 e. The zero-order valence-electron chi connectivity index (χ0n) is 4.02. The van der Waals surface area contributed by atoms with Crippen LogP contribution in [0.2, 0.25) is 0 Å². The van der Waals surface area contributed by atoms with E-state index in [9.17, 15) is 0 Å². The summed E-state index contributed by atoms with van der Waals surface area (Å²) >= 11 is 0. The van der Waals surface area contributed by atoms with Crippen LogP contribution in [0.15, 0.2) is 0 Å². The average molecular weight is 88.1 g/mol. The van der Waals surface area contributed by atoms with Crippen LogP contribution < -0.4 is 0 Å². The molecule has 0 aromatic carbocycles. The van der Waals surface area contributed by atoms with Crippen LogP contribution >= 0.6 is 0 Å². The van der Waals surface area contributed by atoms with E-state index in [0.29, 0.717) is 13.1 Å². The Bertz CT molecular complexity index is 26.7. The van der Waals surface area contributed by atoms with Crippen molar-refractivity contribution < 1.29 is 5.21 Å². The quantitative estimate of drug-likeness (QED) is 0.498. The Labute approximate surface area is 38.3 Å². The van der Waals surface area contributed by atoms with Gasteiger partial charge >= 0.3 is 0 Å². The van der Waals surface area contributed by atoms with E-state index in [1.807, 2.05) is 6.92 Å². The summed E-state index contributed by atoms with van der Waals surface area (Å²) in [5, 5.41) is 9.58. The molecular weight excluding hydrogens is 78.0 g/mol. The Morgan fingerprint density at radius 3 is 2.33 bits per heavy atom. The number of hydrogen-bond donors (Lipinski definition) is 1. The molecule has 0 bridgehead atoms. The molecule has 0 aliphatic carbocycles. The van der Waals surface area contributed by atoms with E-state index in [4.69, 9.17) is 5.21 Å². The molecule has 0 saturated carbocycles. The second-order valence-corrected chi connectivity index (χ2v) is 1.05. The Morgan fingerprint density at radius 2 is 2.33 bits per heavy atom. The van der Waals surface area contributed by atoms with Crippen LogP contribution in [-0.2, 0) is 0 Å². The zero-order chi connectivity index (χ0) is 4.99. The third-order valence-corrected chi connectivity index (χ3v) is 0.623. The summed E-state index contributed by atoms with van der Waals surface area (Å²) in [6.45, 7) is 6.42. The molecule has 0 heterocycles. The third kappa shape index (κ3) is 2.18. The first-order valence-corrected chi connectivity index (χ1v) is 2.04. The predicted molar refractivity (Wildman–Crippen MR) is 24.4 cm³/mol. The summed E-state index contributed by atoms with van der Waals surface area (Å²) in [7, 11) is 0. The molecule has 6 heavy (non-hydrogen) atoms. The van der Waals surface area contributed by atoms with Crippen LogP contribution in [0.1, 0.15) is 6.92 Å². The van der Waals surface area contributed by atoms with Gasteiger partial charge in [-0.1, -0.05) is 6.92 Å². The minimum absolute atomic E-state index is 0.469. The highest BCUT2D eigenvalue weighted by molar-refractivity contribution is 4.38. The number of hydrogen-bond acceptors (Lipinski definition) is 2. The van der Waals surface area contributed by atoms with E-state index in [-0.39, 0.29) is 0 Å². The molecule has 0 aromatic rings. The second-order valence-electron chi connectivity index (χ2n) is 1.05. The van der Waals surface area contributed by atoms with Crippen molar-refractivity contribution in [3.05, 3.63) is 6.92 Å². The van der Waals surface area contributed by atoms with Crippen LogP contribution in [0, 0.1) is 6.92 Å². The lowest BCUT2D eigenvalue weighted by Gasteiger charge is -2.04. The van der Waals surface area contributed by atoms with Gasteiger partial charge in [-0.3, -0.25) is 0 Å². The standard InChI is InChI=1S/C4H10NO/c1-3-5(6)4-2/h6H,1,3-4H2,2H3. The lowest BCUT2D eigenvalue weighted by Crippen LogP contribution is -2.16. The average Bonchev–Trinajstić information content (AvgIpc) is 1.65. The van der Waals surface area contributed by atoms with Gasteiger partial charge in [-0.25, -0.2) is 0 Å². The Kier molecular flexibility index (Phi) is 3.08. The molecule has 0 aromatic heterocycles. The molecule has 0 spiro atoms. The summed E-state index contributed by atoms with van der Waals surface area (Å²) in [4.78, 5) is 0. The predicted octanol–water partition coefficient (Wildman–Crippen LogP) is 0.532. The Hall–Kier alpha value is -0.0800. The summed E-state index contributed by atoms with van der Waals surface area (Å²) in [5.41, 5.74) is 0. The van der Waals surface area contributed by atoms with Crippen LogP contribution in [-0.4, -0.2) is 23.4 Å². The van der Waals surface area contributed by atoms with Crippen LogP contribution in [0.4, 0.5) is 0 Å². The van der Waals surface area contributed by atoms with E-state index in [1.54, 1.807) is 0 Å². The molecule has 0 atom stereocenters. The maximum Gasteiger partial charge on any atom is 0.0238 e. The summed E-state index contributed by atoms with van der Waals surface area (Å²) in [5.74, 6) is 0. The zero-order valence-corrected chi connectivity index (χ0v) is 4.02. The highest BCUT2D eigenvalue weighted by Gasteiger charge is 1.84. The molecule has 0 fully saturated rings. The molecule has 0 rings (SSSR count). The first kappa shape index (κ1) is 5.92. The Balaban J connectivity index is 2.75. The van der Waals surface area contributed by atoms with Gasteiger partial charge in [0.15, 0.2) is 0 Å². The van der Waals surface area contributed by atoms with E-state index in [0.717, 1.165) is 5.06 Å². The topological polar surface area (TPSA) is 23.5 Å². The van der Waals surface area contributed by atoms with E-state index in [1.165, 1.54) is 0 Å². The molecule has 1 radical (unpaired) electrons. The second kappa shape index (κ2) is 3.12. The van der Waals surface area contributed by atoms with Crippen molar-refractivity contribution in [1.82, 2.24) is 5.06 Å². The molecule has 0 aliphatic rings. The minimum atomic E-state index is 0.469. The lowest BCUT2D eigenvalue weighted by atomic mass is 10.6. The van der Waals surface area contributed by atoms with Gasteiger partial charge in [0.05, 0.1) is 0 Å². The minimum Gasteiger partial charge on any atom is -0.314 e. The fourth-order valence-corrected chi connectivity index (χ4v) is 0.158. The van der Waals surface area contributed by atoms with Crippen LogP contribution in [0.5, 0.6) is 0 Å². The molecule has 37 valence electrons. The highest BCUT2D eigenvalue weighted by Crippen LogP contribution is 1.72. The van der Waals surface area contributed by atoms with Gasteiger partial charge in [0.25, 0.3) is 0 Å². The van der Waals surface area contributed by atoms with Gasteiger partial charge in [0.1, 0.15) is 0 Å². The van der Waals surface area contributed by atoms with Crippen LogP contribution in [0.3, 0.4) is 0 Å². The first-order valence-electron chi connectivity index (χ1n) is 2.04. The van der Waals surface area contributed by atoms with E-state index >= 15 is 0 Å².